The second-order valence-electron chi connectivity index (χ2n) is 15.7. The van der Waals surface area contributed by atoms with Gasteiger partial charge in [-0.15, -0.1) is 0 Å². The smallest absolute Gasteiger partial charge is 0.330 e. The maximum absolute atomic E-state index is 12.4. The van der Waals surface area contributed by atoms with Gasteiger partial charge in [0.05, 0.1) is 29.1 Å². The summed E-state index contributed by atoms with van der Waals surface area (Å²) in [7, 11) is 10.2. The fourth-order valence-electron chi connectivity index (χ4n) is 5.94. The lowest BCUT2D eigenvalue weighted by atomic mass is 9.95. The summed E-state index contributed by atoms with van der Waals surface area (Å²) in [4.78, 5) is 74.5. The lowest BCUT2D eigenvalue weighted by molar-refractivity contribution is -0.154. The van der Waals surface area contributed by atoms with Crippen LogP contribution in [0.4, 0.5) is 0 Å². The third-order valence-corrected chi connectivity index (χ3v) is 18.7. The molecule has 63 heavy (non-hydrogen) atoms. The van der Waals surface area contributed by atoms with Crippen LogP contribution in [-0.2, 0) is 57.2 Å². The van der Waals surface area contributed by atoms with Crippen molar-refractivity contribution in [2.24, 2.45) is 16.2 Å². The van der Waals surface area contributed by atoms with Crippen molar-refractivity contribution in [3.05, 3.63) is 25.3 Å². The molecule has 0 unspecified atom stereocenters. The predicted molar refractivity (Wildman–Crippen MR) is 257 cm³/mol. The molecule has 5 rings (SSSR count). The van der Waals surface area contributed by atoms with E-state index in [9.17, 15) is 28.8 Å². The Kier molecular flexibility index (Phi) is 27.6. The Balaban J connectivity index is 0.000000374. The Bertz CT molecular complexity index is 1350. The summed E-state index contributed by atoms with van der Waals surface area (Å²) in [5, 5.41) is 6.44. The van der Waals surface area contributed by atoms with Crippen molar-refractivity contribution >= 4 is 101 Å². The van der Waals surface area contributed by atoms with Crippen molar-refractivity contribution in [3.8, 4) is 0 Å². The van der Waals surface area contributed by atoms with Gasteiger partial charge in [0.2, 0.25) is 0 Å². The molecule has 0 bridgehead atoms. The Labute approximate surface area is 396 Å². The molecule has 0 radical (unpaired) electrons. The molecule has 0 aliphatic carbocycles. The fourth-order valence-corrected chi connectivity index (χ4v) is 15.9. The van der Waals surface area contributed by atoms with Crippen molar-refractivity contribution in [1.82, 2.24) is 20.4 Å². The largest absolute Gasteiger partial charge is 0.465 e. The van der Waals surface area contributed by atoms with Gasteiger partial charge in [-0.05, 0) is 0 Å². The van der Waals surface area contributed by atoms with Gasteiger partial charge in [-0.2, -0.15) is 0 Å². The molecule has 5 fully saturated rings. The van der Waals surface area contributed by atoms with Gasteiger partial charge in [0, 0.05) is 125 Å². The Morgan fingerprint density at radius 2 is 0.746 bits per heavy atom. The number of esters is 6. The second kappa shape index (κ2) is 31.3. The minimum Gasteiger partial charge on any atom is -0.465 e. The average Bonchev–Trinajstić information content (AvgIpc) is 4.13. The Morgan fingerprint density at radius 1 is 0.476 bits per heavy atom. The van der Waals surface area contributed by atoms with Crippen LogP contribution in [0.15, 0.2) is 25.3 Å². The highest BCUT2D eigenvalue weighted by atomic mass is 33.1. The van der Waals surface area contributed by atoms with Crippen LogP contribution in [0.5, 0.6) is 0 Å². The Morgan fingerprint density at radius 3 is 1.00 bits per heavy atom. The van der Waals surface area contributed by atoms with Crippen LogP contribution >= 0.6 is 64.8 Å². The van der Waals surface area contributed by atoms with Gasteiger partial charge in [-0.1, -0.05) is 91.8 Å². The molecule has 0 spiro atoms. The number of nitrogens with one attached hydrogen (secondary N) is 2. The SMILES string of the molecule is C1CNCCN1.C=CC(=O)OCC1(COC(=O)C=C)CSSC1.CCC(=O)OCC1(COC(=O)CCN2CCN(CCC(=O)OCC3(COC(=O)CC)CSSC3)CC2)CSSC1. The van der Waals surface area contributed by atoms with Crippen LogP contribution in [-0.4, -0.2) is 185 Å². The molecule has 5 aliphatic rings. The molecule has 5 heterocycles. The third-order valence-electron chi connectivity index (χ3n) is 10.2. The van der Waals surface area contributed by atoms with Crippen molar-refractivity contribution in [1.29, 1.82) is 0 Å². The summed E-state index contributed by atoms with van der Waals surface area (Å²) in [5.41, 5.74) is -0.910. The highest BCUT2D eigenvalue weighted by Gasteiger charge is 2.40. The zero-order valence-corrected chi connectivity index (χ0v) is 41.6. The molecule has 0 aromatic rings. The van der Waals surface area contributed by atoms with Gasteiger partial charge >= 0.3 is 35.8 Å². The van der Waals surface area contributed by atoms with E-state index in [0.29, 0.717) is 38.8 Å². The maximum atomic E-state index is 12.4. The lowest BCUT2D eigenvalue weighted by Gasteiger charge is -2.34. The summed E-state index contributed by atoms with van der Waals surface area (Å²) in [6.45, 7) is 20.9. The van der Waals surface area contributed by atoms with Gasteiger partial charge in [-0.3, -0.25) is 19.2 Å². The van der Waals surface area contributed by atoms with Crippen molar-refractivity contribution in [2.45, 2.75) is 39.5 Å². The molecule has 5 aliphatic heterocycles. The number of hydrogen-bond acceptors (Lipinski definition) is 22. The summed E-state index contributed by atoms with van der Waals surface area (Å²) in [5.74, 6) is 2.92. The molecular formula is C41H66N4O12S6. The van der Waals surface area contributed by atoms with E-state index in [1.54, 1.807) is 78.6 Å². The van der Waals surface area contributed by atoms with E-state index in [0.717, 1.165) is 99.0 Å². The minimum atomic E-state index is -0.457. The monoisotopic (exact) mass is 998 g/mol. The molecule has 16 nitrogen and oxygen atoms in total. The normalized spacial score (nSPS) is 20.0. The maximum Gasteiger partial charge on any atom is 0.330 e. The topological polar surface area (TPSA) is 188 Å². The van der Waals surface area contributed by atoms with Crippen LogP contribution in [0.1, 0.15) is 39.5 Å². The molecule has 22 heteroatoms. The summed E-state index contributed by atoms with van der Waals surface area (Å²) in [6, 6.07) is 0. The van der Waals surface area contributed by atoms with E-state index in [-0.39, 0.29) is 79.8 Å². The first-order valence-corrected chi connectivity index (χ1v) is 28.7. The van der Waals surface area contributed by atoms with Crippen LogP contribution < -0.4 is 10.6 Å². The van der Waals surface area contributed by atoms with Crippen molar-refractivity contribution in [2.75, 3.05) is 140 Å². The third kappa shape index (κ3) is 22.5. The summed E-state index contributed by atoms with van der Waals surface area (Å²) >= 11 is 0. The molecule has 2 N–H and O–H groups in total. The number of carbonyl (C=O) groups is 6. The molecule has 0 amide bonds. The highest BCUT2D eigenvalue weighted by Crippen LogP contribution is 2.45. The number of rotatable bonds is 22. The zero-order chi connectivity index (χ0) is 45.8. The number of nitrogens with zero attached hydrogens (tertiary/aromatic N) is 2. The molecule has 0 aromatic carbocycles. The van der Waals surface area contributed by atoms with Crippen LogP contribution in [0.2, 0.25) is 0 Å². The number of hydrogen-bond donors (Lipinski definition) is 2. The summed E-state index contributed by atoms with van der Waals surface area (Å²) < 4.78 is 32.0. The van der Waals surface area contributed by atoms with E-state index in [4.69, 9.17) is 28.4 Å². The fraction of sp³-hybridized carbons (Fsp3) is 0.756. The molecule has 358 valence electrons. The number of ether oxygens (including phenoxy) is 6. The van der Waals surface area contributed by atoms with Gasteiger partial charge in [0.25, 0.3) is 0 Å². The standard InChI is InChI=1S/C26H42N2O8S4.C11H14O4S2.C4H10N2/c1-3-21(29)33-13-25(17-37-38-18-25)15-35-23(31)5-7-27-9-11-28(12-10-27)8-6-24(32)36-16-26(19-39-40-20-26)14-34-22(30)4-2;1-3-9(12)14-5-11(7-16-17-8-11)6-15-10(13)4-2;1-2-6-4-3-5-1/h3-20H2,1-2H3;3-4H,1-2,5-8H2;5-6H,1-4H2. The van der Waals surface area contributed by atoms with E-state index in [1.165, 1.54) is 0 Å². The van der Waals surface area contributed by atoms with Crippen molar-refractivity contribution in [3.63, 3.8) is 0 Å². The van der Waals surface area contributed by atoms with Gasteiger partial charge in [-0.25, -0.2) is 9.59 Å². The quantitative estimate of drug-likeness (QED) is 0.0681. The van der Waals surface area contributed by atoms with Gasteiger partial charge in [0.1, 0.15) is 39.6 Å². The second-order valence-corrected chi connectivity index (χ2v) is 23.1. The van der Waals surface area contributed by atoms with Crippen molar-refractivity contribution < 1.29 is 57.2 Å². The number of carbonyl (C=O) groups excluding carboxylic acids is 6. The van der Waals surface area contributed by atoms with Crippen LogP contribution in [0, 0.1) is 16.2 Å². The molecule has 5 saturated heterocycles. The molecular weight excluding hydrogens is 933 g/mol. The van der Waals surface area contributed by atoms with E-state index in [2.05, 4.69) is 33.6 Å². The first-order valence-electron chi connectivity index (χ1n) is 21.2. The van der Waals surface area contributed by atoms with E-state index < -0.39 is 11.9 Å². The molecule has 0 aromatic heterocycles. The van der Waals surface area contributed by atoms with Gasteiger partial charge < -0.3 is 48.9 Å². The molecule has 0 atom stereocenters. The average molecular weight is 999 g/mol. The van der Waals surface area contributed by atoms with E-state index in [1.807, 2.05) is 0 Å². The lowest BCUT2D eigenvalue weighted by Crippen LogP contribution is -2.47. The highest BCUT2D eigenvalue weighted by molar-refractivity contribution is 8.77. The number of piperazine rings is 2. The summed E-state index contributed by atoms with van der Waals surface area (Å²) in [6.07, 6.45) is 3.57. The first-order chi connectivity index (χ1) is 30.4. The van der Waals surface area contributed by atoms with Crippen LogP contribution in [0.3, 0.4) is 0 Å². The molecule has 0 saturated carbocycles. The minimum absolute atomic E-state index is 0.227. The van der Waals surface area contributed by atoms with E-state index >= 15 is 0 Å². The van der Waals surface area contributed by atoms with Gasteiger partial charge in [0.15, 0.2) is 0 Å². The predicted octanol–water partition coefficient (Wildman–Crippen LogP) is 4.15. The van der Waals surface area contributed by atoms with Crippen LogP contribution in [0.25, 0.3) is 0 Å². The Hall–Kier alpha value is -1.76. The zero-order valence-electron chi connectivity index (χ0n) is 36.7. The first kappa shape index (κ1) is 55.6.